The van der Waals surface area contributed by atoms with Gasteiger partial charge in [0.25, 0.3) is 0 Å². The summed E-state index contributed by atoms with van der Waals surface area (Å²) in [5.74, 6) is 0.845. The second-order valence-electron chi connectivity index (χ2n) is 5.31. The van der Waals surface area contributed by atoms with Crippen LogP contribution in [0.1, 0.15) is 56.9 Å². The number of hydrogen-bond donors (Lipinski definition) is 0. The van der Waals surface area contributed by atoms with Gasteiger partial charge in [-0.25, -0.2) is 0 Å². The maximum atomic E-state index is 11.7. The van der Waals surface area contributed by atoms with E-state index in [0.717, 1.165) is 38.5 Å². The summed E-state index contributed by atoms with van der Waals surface area (Å²) >= 11 is 0. The van der Waals surface area contributed by atoms with Crippen LogP contribution in [0, 0.1) is 0 Å². The number of hydrogen-bond acceptors (Lipinski definition) is 1. The minimum atomic E-state index is 0.410. The van der Waals surface area contributed by atoms with Crippen LogP contribution < -0.4 is 0 Å². The molecule has 1 heteroatoms. The Labute approximate surface area is 110 Å². The molecule has 1 aliphatic carbocycles. The molecule has 96 valence electrons. The van der Waals surface area contributed by atoms with Gasteiger partial charge in [0.05, 0.1) is 0 Å². The second kappa shape index (κ2) is 6.53. The van der Waals surface area contributed by atoms with Crippen LogP contribution >= 0.6 is 0 Å². The molecule has 0 radical (unpaired) electrons. The highest BCUT2D eigenvalue weighted by Crippen LogP contribution is 2.27. The molecule has 1 aromatic carbocycles. The monoisotopic (exact) mass is 242 g/mol. The molecule has 1 aliphatic rings. The van der Waals surface area contributed by atoms with Crippen molar-refractivity contribution in [2.75, 3.05) is 0 Å². The average molecular weight is 242 g/mol. The molecule has 1 atom stereocenters. The Morgan fingerprint density at radius 1 is 1.00 bits per heavy atom. The first-order valence-electron chi connectivity index (χ1n) is 6.99. The number of rotatable bonds is 1. The highest BCUT2D eigenvalue weighted by Gasteiger charge is 2.13. The predicted molar refractivity (Wildman–Crippen MR) is 75.6 cm³/mol. The third-order valence-corrected chi connectivity index (χ3v) is 3.72. The SMILES string of the molecule is C/C1=C\C(c2ccccc2)CCC(=O)CCCC1. The molecule has 0 bridgehead atoms. The fourth-order valence-corrected chi connectivity index (χ4v) is 2.64. The normalized spacial score (nSPS) is 25.3. The van der Waals surface area contributed by atoms with E-state index in [1.807, 2.05) is 6.07 Å². The molecule has 18 heavy (non-hydrogen) atoms. The van der Waals surface area contributed by atoms with Crippen molar-refractivity contribution < 1.29 is 4.79 Å². The molecule has 0 fully saturated rings. The molecule has 0 aromatic heterocycles. The Balaban J connectivity index is 2.18. The fraction of sp³-hybridized carbons (Fsp3) is 0.471. The minimum Gasteiger partial charge on any atom is -0.300 e. The summed E-state index contributed by atoms with van der Waals surface area (Å²) in [7, 11) is 0. The Bertz CT molecular complexity index is 416. The minimum absolute atomic E-state index is 0.410. The molecule has 0 amide bonds. The molecule has 0 saturated carbocycles. The molecule has 1 aromatic rings. The lowest BCUT2D eigenvalue weighted by molar-refractivity contribution is -0.119. The Hall–Kier alpha value is -1.37. The molecule has 0 spiro atoms. The van der Waals surface area contributed by atoms with E-state index in [9.17, 15) is 4.79 Å². The van der Waals surface area contributed by atoms with E-state index in [1.165, 1.54) is 11.1 Å². The van der Waals surface area contributed by atoms with Crippen molar-refractivity contribution in [1.82, 2.24) is 0 Å². The number of benzene rings is 1. The Morgan fingerprint density at radius 3 is 2.50 bits per heavy atom. The van der Waals surface area contributed by atoms with Crippen molar-refractivity contribution in [1.29, 1.82) is 0 Å². The van der Waals surface area contributed by atoms with Gasteiger partial charge in [0.1, 0.15) is 5.78 Å². The molecule has 0 aliphatic heterocycles. The van der Waals surface area contributed by atoms with Crippen molar-refractivity contribution >= 4 is 5.78 Å². The lowest BCUT2D eigenvalue weighted by atomic mass is 9.88. The molecule has 0 saturated heterocycles. The summed E-state index contributed by atoms with van der Waals surface area (Å²) in [6.45, 7) is 2.22. The Morgan fingerprint density at radius 2 is 1.72 bits per heavy atom. The maximum Gasteiger partial charge on any atom is 0.132 e. The topological polar surface area (TPSA) is 17.1 Å². The van der Waals surface area contributed by atoms with Crippen LogP contribution in [0.15, 0.2) is 42.0 Å². The van der Waals surface area contributed by atoms with Crippen LogP contribution in [0.3, 0.4) is 0 Å². The summed E-state index contributed by atoms with van der Waals surface area (Å²) in [5.41, 5.74) is 2.81. The number of carbonyl (C=O) groups excluding carboxylic acids is 1. The quantitative estimate of drug-likeness (QED) is 0.656. The first kappa shape index (κ1) is 13.1. The van der Waals surface area contributed by atoms with Gasteiger partial charge in [0, 0.05) is 18.8 Å². The average Bonchev–Trinajstić information content (AvgIpc) is 2.40. The van der Waals surface area contributed by atoms with Gasteiger partial charge in [-0.2, -0.15) is 0 Å². The lowest BCUT2D eigenvalue weighted by Crippen LogP contribution is -2.05. The van der Waals surface area contributed by atoms with Crippen molar-refractivity contribution in [3.05, 3.63) is 47.5 Å². The van der Waals surface area contributed by atoms with Crippen LogP contribution in [-0.4, -0.2) is 5.78 Å². The zero-order valence-electron chi connectivity index (χ0n) is 11.2. The molecule has 0 heterocycles. The van der Waals surface area contributed by atoms with Gasteiger partial charge in [-0.1, -0.05) is 42.0 Å². The van der Waals surface area contributed by atoms with E-state index in [-0.39, 0.29) is 0 Å². The molecule has 2 rings (SSSR count). The van der Waals surface area contributed by atoms with Gasteiger partial charge in [-0.05, 0) is 38.2 Å². The number of Topliss-reactive ketones (excluding diaryl/α,β-unsaturated/α-hetero) is 1. The third kappa shape index (κ3) is 3.83. The summed E-state index contributed by atoms with van der Waals surface area (Å²) in [6.07, 6.45) is 8.17. The first-order valence-corrected chi connectivity index (χ1v) is 6.99. The number of ketones is 1. The summed E-state index contributed by atoms with van der Waals surface area (Å²) in [5, 5.41) is 0. The largest absolute Gasteiger partial charge is 0.300 e. The Kier molecular flexibility index (Phi) is 4.74. The van der Waals surface area contributed by atoms with Crippen LogP contribution in [0.4, 0.5) is 0 Å². The van der Waals surface area contributed by atoms with E-state index >= 15 is 0 Å². The van der Waals surface area contributed by atoms with E-state index in [2.05, 4.69) is 37.3 Å². The fourth-order valence-electron chi connectivity index (χ4n) is 2.64. The van der Waals surface area contributed by atoms with E-state index in [1.54, 1.807) is 0 Å². The van der Waals surface area contributed by atoms with Crippen LogP contribution in [0.5, 0.6) is 0 Å². The van der Waals surface area contributed by atoms with Crippen LogP contribution in [0.2, 0.25) is 0 Å². The summed E-state index contributed by atoms with van der Waals surface area (Å²) in [6, 6.07) is 10.6. The highest BCUT2D eigenvalue weighted by molar-refractivity contribution is 5.78. The van der Waals surface area contributed by atoms with Gasteiger partial charge < -0.3 is 0 Å². The second-order valence-corrected chi connectivity index (χ2v) is 5.31. The highest BCUT2D eigenvalue weighted by atomic mass is 16.1. The van der Waals surface area contributed by atoms with E-state index in [4.69, 9.17) is 0 Å². The van der Waals surface area contributed by atoms with Gasteiger partial charge in [-0.3, -0.25) is 4.79 Å². The lowest BCUT2D eigenvalue weighted by Gasteiger charge is -2.16. The van der Waals surface area contributed by atoms with Crippen molar-refractivity contribution in [3.63, 3.8) is 0 Å². The zero-order valence-corrected chi connectivity index (χ0v) is 11.2. The van der Waals surface area contributed by atoms with E-state index < -0.39 is 0 Å². The van der Waals surface area contributed by atoms with Crippen LogP contribution in [-0.2, 0) is 4.79 Å². The van der Waals surface area contributed by atoms with Crippen molar-refractivity contribution in [2.24, 2.45) is 0 Å². The third-order valence-electron chi connectivity index (χ3n) is 3.72. The number of allylic oxidation sites excluding steroid dienone is 2. The molecular formula is C17H22O. The molecule has 0 N–H and O–H groups in total. The molecular weight excluding hydrogens is 220 g/mol. The molecule has 1 nitrogen and oxygen atoms in total. The molecule has 1 unspecified atom stereocenters. The summed E-state index contributed by atoms with van der Waals surface area (Å²) in [4.78, 5) is 11.7. The standard InChI is InChI=1S/C17H22O/c1-14-7-5-6-10-17(18)12-11-16(13-14)15-8-3-2-4-9-15/h2-4,8-9,13,16H,5-7,10-12H2,1H3/b14-13+. The summed E-state index contributed by atoms with van der Waals surface area (Å²) < 4.78 is 0. The van der Waals surface area contributed by atoms with Gasteiger partial charge in [0.2, 0.25) is 0 Å². The zero-order chi connectivity index (χ0) is 12.8. The van der Waals surface area contributed by atoms with Gasteiger partial charge in [0.15, 0.2) is 0 Å². The van der Waals surface area contributed by atoms with Gasteiger partial charge >= 0.3 is 0 Å². The van der Waals surface area contributed by atoms with Gasteiger partial charge in [-0.15, -0.1) is 0 Å². The predicted octanol–water partition coefficient (Wildman–Crippen LogP) is 4.64. The van der Waals surface area contributed by atoms with Crippen molar-refractivity contribution in [3.8, 4) is 0 Å². The van der Waals surface area contributed by atoms with E-state index in [0.29, 0.717) is 11.7 Å². The number of carbonyl (C=O) groups is 1. The van der Waals surface area contributed by atoms with Crippen molar-refractivity contribution in [2.45, 2.75) is 51.4 Å². The van der Waals surface area contributed by atoms with Crippen LogP contribution in [0.25, 0.3) is 0 Å². The maximum absolute atomic E-state index is 11.7. The smallest absolute Gasteiger partial charge is 0.132 e. The first-order chi connectivity index (χ1) is 8.75.